The number of halogens is 3. The lowest BCUT2D eigenvalue weighted by molar-refractivity contribution is 0.0955. The van der Waals surface area contributed by atoms with Crippen LogP contribution in [0.3, 0.4) is 0 Å². The number of aromatic nitrogens is 1. The number of rotatable bonds is 10. The highest BCUT2D eigenvalue weighted by atomic mass is 79.9. The van der Waals surface area contributed by atoms with Gasteiger partial charge in [-0.3, -0.25) is 4.79 Å². The highest BCUT2D eigenvalue weighted by Gasteiger charge is 2.13. The molecule has 1 heterocycles. The van der Waals surface area contributed by atoms with Crippen LogP contribution in [0.2, 0.25) is 10.0 Å². The maximum atomic E-state index is 12.9. The maximum Gasteiger partial charge on any atom is 0.271 e. The van der Waals surface area contributed by atoms with E-state index in [4.69, 9.17) is 27.9 Å². The average molecular weight is 673 g/mol. The molecule has 0 atom stereocenters. The Morgan fingerprint density at radius 1 is 0.977 bits per heavy atom. The standard InChI is InChI=1S/C35H28BrCl2N3O2/c1-3-7-27-18-24(19-31(36)34(27)43-22-28-11-14-29(37)20-32(28)38)21-39-40-35(42)26-12-15-30(16-13-26)41-23(2)10-17-33(41)25-8-5-4-6-9-25/h3-6,8-21H,1,7,22H2,2H3,(H,40,42)/b39-21+. The van der Waals surface area contributed by atoms with E-state index in [1.165, 1.54) is 0 Å². The molecule has 5 nitrogen and oxygen atoms in total. The van der Waals surface area contributed by atoms with Crippen molar-refractivity contribution in [3.05, 3.63) is 152 Å². The summed E-state index contributed by atoms with van der Waals surface area (Å²) in [5, 5.41) is 5.31. The number of ether oxygens (including phenoxy) is 1. The molecule has 4 aromatic carbocycles. The lowest BCUT2D eigenvalue weighted by Gasteiger charge is -2.14. The van der Waals surface area contributed by atoms with Gasteiger partial charge in [-0.25, -0.2) is 5.43 Å². The van der Waals surface area contributed by atoms with Crippen molar-refractivity contribution in [2.24, 2.45) is 5.10 Å². The third kappa shape index (κ3) is 7.28. The fourth-order valence-corrected chi connectivity index (χ4v) is 5.81. The van der Waals surface area contributed by atoms with E-state index in [-0.39, 0.29) is 12.5 Å². The Morgan fingerprint density at radius 3 is 2.47 bits per heavy atom. The summed E-state index contributed by atoms with van der Waals surface area (Å²) >= 11 is 15.9. The van der Waals surface area contributed by atoms with Crippen LogP contribution in [-0.4, -0.2) is 16.7 Å². The SMILES string of the molecule is C=CCc1cc(/C=N/NC(=O)c2ccc(-n3c(C)ccc3-c3ccccc3)cc2)cc(Br)c1OCc1ccc(Cl)cc1Cl. The average Bonchev–Trinajstić information content (AvgIpc) is 3.39. The third-order valence-electron chi connectivity index (χ3n) is 6.81. The Bertz CT molecular complexity index is 1800. The smallest absolute Gasteiger partial charge is 0.271 e. The topological polar surface area (TPSA) is 55.6 Å². The van der Waals surface area contributed by atoms with Crippen LogP contribution >= 0.6 is 39.1 Å². The summed E-state index contributed by atoms with van der Waals surface area (Å²) in [5.41, 5.74) is 9.94. The summed E-state index contributed by atoms with van der Waals surface area (Å²) < 4.78 is 9.04. The first-order valence-corrected chi connectivity index (χ1v) is 15.1. The number of carbonyl (C=O) groups excluding carboxylic acids is 1. The van der Waals surface area contributed by atoms with Crippen LogP contribution in [0.25, 0.3) is 16.9 Å². The summed E-state index contributed by atoms with van der Waals surface area (Å²) in [5.74, 6) is 0.376. The van der Waals surface area contributed by atoms with E-state index in [0.717, 1.165) is 43.8 Å². The van der Waals surface area contributed by atoms with Gasteiger partial charge in [-0.05, 0) is 107 Å². The van der Waals surface area contributed by atoms with Gasteiger partial charge in [0.1, 0.15) is 12.4 Å². The Kier molecular flexibility index (Phi) is 9.82. The number of nitrogens with one attached hydrogen (secondary N) is 1. The monoisotopic (exact) mass is 671 g/mol. The molecule has 0 aliphatic carbocycles. The summed E-state index contributed by atoms with van der Waals surface area (Å²) in [4.78, 5) is 12.9. The lowest BCUT2D eigenvalue weighted by Crippen LogP contribution is -2.17. The zero-order valence-electron chi connectivity index (χ0n) is 23.4. The van der Waals surface area contributed by atoms with E-state index >= 15 is 0 Å². The number of amides is 1. The number of allylic oxidation sites excluding steroid dienone is 1. The van der Waals surface area contributed by atoms with Crippen molar-refractivity contribution in [2.75, 3.05) is 0 Å². The number of hydrogen-bond acceptors (Lipinski definition) is 3. The number of nitrogens with zero attached hydrogens (tertiary/aromatic N) is 2. The minimum absolute atomic E-state index is 0.276. The Labute approximate surface area is 269 Å². The largest absolute Gasteiger partial charge is 0.487 e. The molecule has 216 valence electrons. The molecule has 0 radical (unpaired) electrons. The van der Waals surface area contributed by atoms with Crippen LogP contribution in [0.4, 0.5) is 0 Å². The van der Waals surface area contributed by atoms with Gasteiger partial charge in [0, 0.05) is 32.6 Å². The fraction of sp³-hybridized carbons (Fsp3) is 0.0857. The summed E-state index contributed by atoms with van der Waals surface area (Å²) in [6.45, 7) is 6.21. The molecule has 0 bridgehead atoms. The van der Waals surface area contributed by atoms with Gasteiger partial charge in [0.05, 0.1) is 16.4 Å². The van der Waals surface area contributed by atoms with Gasteiger partial charge in [0.2, 0.25) is 0 Å². The molecule has 0 aliphatic heterocycles. The third-order valence-corrected chi connectivity index (χ3v) is 7.98. The van der Waals surface area contributed by atoms with Crippen LogP contribution < -0.4 is 10.2 Å². The number of carbonyl (C=O) groups is 1. The number of hydrazone groups is 1. The van der Waals surface area contributed by atoms with E-state index < -0.39 is 0 Å². The van der Waals surface area contributed by atoms with Crippen molar-refractivity contribution >= 4 is 51.3 Å². The van der Waals surface area contributed by atoms with Gasteiger partial charge in [-0.1, -0.05) is 65.7 Å². The van der Waals surface area contributed by atoms with Crippen LogP contribution in [0, 0.1) is 6.92 Å². The first kappa shape index (κ1) is 30.4. The molecule has 0 fully saturated rings. The number of hydrogen-bond donors (Lipinski definition) is 1. The van der Waals surface area contributed by atoms with E-state index in [1.807, 2.05) is 48.5 Å². The molecule has 5 aromatic rings. The molecule has 5 rings (SSSR count). The number of aryl methyl sites for hydroxylation is 1. The Hall–Kier alpha value is -4.10. The van der Waals surface area contributed by atoms with Crippen molar-refractivity contribution in [1.82, 2.24) is 9.99 Å². The number of benzene rings is 4. The van der Waals surface area contributed by atoms with Crippen LogP contribution in [-0.2, 0) is 13.0 Å². The zero-order chi connectivity index (χ0) is 30.3. The minimum Gasteiger partial charge on any atom is -0.487 e. The van der Waals surface area contributed by atoms with Crippen molar-refractivity contribution in [3.63, 3.8) is 0 Å². The predicted octanol–water partition coefficient (Wildman–Crippen LogP) is 9.59. The van der Waals surface area contributed by atoms with Gasteiger partial charge in [-0.15, -0.1) is 6.58 Å². The highest BCUT2D eigenvalue weighted by molar-refractivity contribution is 9.10. The minimum atomic E-state index is -0.305. The van der Waals surface area contributed by atoms with Gasteiger partial charge < -0.3 is 9.30 Å². The van der Waals surface area contributed by atoms with Crippen molar-refractivity contribution in [1.29, 1.82) is 0 Å². The molecule has 43 heavy (non-hydrogen) atoms. The van der Waals surface area contributed by atoms with Crippen molar-refractivity contribution in [3.8, 4) is 22.7 Å². The summed E-state index contributed by atoms with van der Waals surface area (Å²) in [6.07, 6.45) is 3.97. The zero-order valence-corrected chi connectivity index (χ0v) is 26.5. The van der Waals surface area contributed by atoms with Crippen LogP contribution in [0.5, 0.6) is 5.75 Å². The lowest BCUT2D eigenvalue weighted by atomic mass is 10.1. The molecule has 0 saturated carbocycles. The fourth-order valence-electron chi connectivity index (χ4n) is 4.71. The second kappa shape index (κ2) is 13.9. The normalized spacial score (nSPS) is 11.1. The molecule has 1 amide bonds. The second-order valence-corrected chi connectivity index (χ2v) is 11.5. The summed E-state index contributed by atoms with van der Waals surface area (Å²) in [6, 6.07) is 31.0. The van der Waals surface area contributed by atoms with Gasteiger partial charge in [0.25, 0.3) is 5.91 Å². The van der Waals surface area contributed by atoms with Crippen LogP contribution in [0.15, 0.2) is 119 Å². The molecule has 0 spiro atoms. The highest BCUT2D eigenvalue weighted by Crippen LogP contribution is 2.33. The van der Waals surface area contributed by atoms with E-state index in [9.17, 15) is 4.79 Å². The first-order valence-electron chi connectivity index (χ1n) is 13.5. The van der Waals surface area contributed by atoms with E-state index in [0.29, 0.717) is 27.8 Å². The molecule has 0 aliphatic rings. The summed E-state index contributed by atoms with van der Waals surface area (Å²) in [7, 11) is 0. The molecule has 1 aromatic heterocycles. The van der Waals surface area contributed by atoms with Crippen molar-refractivity contribution < 1.29 is 9.53 Å². The molecule has 1 N–H and O–H groups in total. The molecule has 0 unspecified atom stereocenters. The predicted molar refractivity (Wildman–Crippen MR) is 180 cm³/mol. The quantitative estimate of drug-likeness (QED) is 0.0913. The molecular weight excluding hydrogens is 645 g/mol. The van der Waals surface area contributed by atoms with Gasteiger partial charge >= 0.3 is 0 Å². The molecular formula is C35H28BrCl2N3O2. The molecule has 8 heteroatoms. The van der Waals surface area contributed by atoms with E-state index in [1.54, 1.807) is 36.6 Å². The Balaban J connectivity index is 1.27. The van der Waals surface area contributed by atoms with Gasteiger partial charge in [0.15, 0.2) is 0 Å². The van der Waals surface area contributed by atoms with Crippen molar-refractivity contribution in [2.45, 2.75) is 20.0 Å². The first-order chi connectivity index (χ1) is 20.8. The molecule has 0 saturated heterocycles. The van der Waals surface area contributed by atoms with Gasteiger partial charge in [-0.2, -0.15) is 5.10 Å². The Morgan fingerprint density at radius 2 is 1.74 bits per heavy atom. The van der Waals surface area contributed by atoms with Crippen LogP contribution in [0.1, 0.15) is 32.7 Å². The van der Waals surface area contributed by atoms with E-state index in [2.05, 4.69) is 68.8 Å². The second-order valence-electron chi connectivity index (χ2n) is 9.82. The maximum absolute atomic E-state index is 12.9.